The number of phenolic OH excluding ortho intramolecular Hbond substituents is 1. The van der Waals surface area contributed by atoms with Gasteiger partial charge in [-0.15, -0.1) is 0 Å². The van der Waals surface area contributed by atoms with E-state index in [1.54, 1.807) is 12.4 Å². The molecule has 0 bridgehead atoms. The van der Waals surface area contributed by atoms with Crippen LogP contribution in [0.1, 0.15) is 12.0 Å². The molecule has 0 saturated carbocycles. The summed E-state index contributed by atoms with van der Waals surface area (Å²) < 4.78 is 14.1. The Morgan fingerprint density at radius 3 is 2.72 bits per heavy atom. The second kappa shape index (κ2) is 10.1. The summed E-state index contributed by atoms with van der Waals surface area (Å²) in [6, 6.07) is 12.7. The van der Waals surface area contributed by atoms with Crippen molar-refractivity contribution in [1.82, 2.24) is 15.3 Å². The van der Waals surface area contributed by atoms with E-state index >= 15 is 0 Å². The molecular weight excluding hydrogens is 481 g/mol. The minimum atomic E-state index is -0.797. The molecule has 4 aromatic rings. The molecule has 5 rings (SSSR count). The zero-order valence-corrected chi connectivity index (χ0v) is 20.4. The van der Waals surface area contributed by atoms with Gasteiger partial charge in [0.1, 0.15) is 12.1 Å². The average molecular weight is 506 g/mol. The first kappa shape index (κ1) is 24.0. The molecule has 1 saturated heterocycles. The van der Waals surface area contributed by atoms with Crippen molar-refractivity contribution in [1.29, 1.82) is 0 Å². The summed E-state index contributed by atoms with van der Waals surface area (Å²) in [5, 5.41) is 17.1. The topological polar surface area (TPSA) is 90.4 Å². The summed E-state index contributed by atoms with van der Waals surface area (Å²) in [5.41, 5.74) is 4.14. The number of benzene rings is 2. The number of aromatic nitrogens is 2. The van der Waals surface area contributed by atoms with Gasteiger partial charge in [-0.1, -0.05) is 17.7 Å². The standard InChI is InChI=1S/C27H25ClFN5O2/c1-30-20-6-8-34(15-20)25-5-3-19(14-32-25)33-26-17(7-9-35)13-31-24-4-2-16(10-21(24)26)18-11-22(28)27(36)23(29)12-18/h2-5,9-14,20,30,36H,6-8,15H2,1H3,(H,31,33). The fourth-order valence-electron chi connectivity index (χ4n) is 4.53. The van der Waals surface area contributed by atoms with Crippen molar-refractivity contribution < 1.29 is 14.3 Å². The smallest absolute Gasteiger partial charge is 0.170 e. The van der Waals surface area contributed by atoms with Crippen LogP contribution in [0.4, 0.5) is 21.6 Å². The number of pyridine rings is 2. The van der Waals surface area contributed by atoms with E-state index in [1.807, 2.05) is 37.4 Å². The molecule has 9 heteroatoms. The van der Waals surface area contributed by atoms with E-state index in [0.717, 1.165) is 53.9 Å². The quantitative estimate of drug-likeness (QED) is 0.302. The number of aromatic hydroxyl groups is 1. The highest BCUT2D eigenvalue weighted by atomic mass is 35.5. The van der Waals surface area contributed by atoms with Gasteiger partial charge in [0.25, 0.3) is 0 Å². The van der Waals surface area contributed by atoms with Gasteiger partial charge in [0.05, 0.1) is 28.1 Å². The average Bonchev–Trinajstić information content (AvgIpc) is 3.38. The number of carbonyl (C=O) groups excluding carboxylic acids is 1. The van der Waals surface area contributed by atoms with Gasteiger partial charge in [-0.25, -0.2) is 9.37 Å². The van der Waals surface area contributed by atoms with Gasteiger partial charge in [0.15, 0.2) is 11.6 Å². The van der Waals surface area contributed by atoms with Crippen LogP contribution < -0.4 is 15.5 Å². The SMILES string of the molecule is CNC1CCN(c2ccc(Nc3c(CC=O)cnc4ccc(-c5cc(F)c(O)c(Cl)c5)cc34)cn2)C1. The first-order valence-corrected chi connectivity index (χ1v) is 12.0. The van der Waals surface area contributed by atoms with Crippen LogP contribution >= 0.6 is 11.6 Å². The zero-order valence-electron chi connectivity index (χ0n) is 19.6. The summed E-state index contributed by atoms with van der Waals surface area (Å²) in [4.78, 5) is 22.8. The molecule has 7 nitrogen and oxygen atoms in total. The number of halogens is 2. The van der Waals surface area contributed by atoms with Crippen LogP contribution in [0.15, 0.2) is 54.9 Å². The molecule has 0 aliphatic carbocycles. The van der Waals surface area contributed by atoms with Gasteiger partial charge in [0, 0.05) is 42.7 Å². The lowest BCUT2D eigenvalue weighted by Crippen LogP contribution is -2.29. The number of phenols is 1. The van der Waals surface area contributed by atoms with Gasteiger partial charge in [-0.3, -0.25) is 4.98 Å². The molecule has 1 aliphatic rings. The van der Waals surface area contributed by atoms with E-state index in [4.69, 9.17) is 11.6 Å². The number of fused-ring (bicyclic) bond motifs is 1. The van der Waals surface area contributed by atoms with Crippen molar-refractivity contribution in [3.63, 3.8) is 0 Å². The number of hydrogen-bond acceptors (Lipinski definition) is 7. The Bertz CT molecular complexity index is 1410. The summed E-state index contributed by atoms with van der Waals surface area (Å²) in [7, 11) is 1.97. The lowest BCUT2D eigenvalue weighted by Gasteiger charge is -2.18. The highest BCUT2D eigenvalue weighted by molar-refractivity contribution is 6.32. The van der Waals surface area contributed by atoms with Crippen LogP contribution in [-0.4, -0.2) is 47.5 Å². The molecule has 2 aromatic heterocycles. The highest BCUT2D eigenvalue weighted by Crippen LogP contribution is 2.36. The fraction of sp³-hybridized carbons (Fsp3) is 0.222. The maximum absolute atomic E-state index is 14.1. The van der Waals surface area contributed by atoms with Gasteiger partial charge in [-0.05, 0) is 61.0 Å². The molecular formula is C27H25ClFN5O2. The second-order valence-electron chi connectivity index (χ2n) is 8.80. The second-order valence-corrected chi connectivity index (χ2v) is 9.21. The van der Waals surface area contributed by atoms with E-state index < -0.39 is 11.6 Å². The maximum atomic E-state index is 14.1. The van der Waals surface area contributed by atoms with E-state index in [0.29, 0.717) is 22.7 Å². The molecule has 0 amide bonds. The van der Waals surface area contributed by atoms with Gasteiger partial charge >= 0.3 is 0 Å². The summed E-state index contributed by atoms with van der Waals surface area (Å²) >= 11 is 6.00. The molecule has 2 aromatic carbocycles. The third-order valence-corrected chi connectivity index (χ3v) is 6.83. The molecule has 1 fully saturated rings. The van der Waals surface area contributed by atoms with Crippen LogP contribution in [-0.2, 0) is 11.2 Å². The minimum absolute atomic E-state index is 0.0681. The van der Waals surface area contributed by atoms with Crippen molar-refractivity contribution in [2.75, 3.05) is 30.4 Å². The largest absolute Gasteiger partial charge is 0.504 e. The van der Waals surface area contributed by atoms with Crippen molar-refractivity contribution in [2.24, 2.45) is 0 Å². The summed E-state index contributed by atoms with van der Waals surface area (Å²) in [5.74, 6) is -0.460. The molecule has 3 heterocycles. The highest BCUT2D eigenvalue weighted by Gasteiger charge is 2.22. The minimum Gasteiger partial charge on any atom is -0.504 e. The number of nitrogens with zero attached hydrogens (tertiary/aromatic N) is 3. The molecule has 1 unspecified atom stereocenters. The van der Waals surface area contributed by atoms with Crippen molar-refractivity contribution in [2.45, 2.75) is 18.9 Å². The zero-order chi connectivity index (χ0) is 25.2. The molecule has 0 spiro atoms. The number of likely N-dealkylation sites (N-methyl/N-ethyl adjacent to an activating group) is 1. The number of carbonyl (C=O) groups is 1. The molecule has 1 atom stereocenters. The van der Waals surface area contributed by atoms with Crippen LogP contribution in [0.3, 0.4) is 0 Å². The van der Waals surface area contributed by atoms with Gasteiger partial charge in [0.2, 0.25) is 0 Å². The normalized spacial score (nSPS) is 15.4. The first-order valence-electron chi connectivity index (χ1n) is 11.7. The molecule has 184 valence electrons. The van der Waals surface area contributed by atoms with Gasteiger partial charge in [-0.2, -0.15) is 0 Å². The van der Waals surface area contributed by atoms with Crippen molar-refractivity contribution >= 4 is 46.0 Å². The third-order valence-electron chi connectivity index (χ3n) is 6.54. The first-order chi connectivity index (χ1) is 17.5. The Balaban J connectivity index is 1.52. The monoisotopic (exact) mass is 505 g/mol. The Morgan fingerprint density at radius 2 is 2.03 bits per heavy atom. The van der Waals surface area contributed by atoms with E-state index in [1.165, 1.54) is 12.1 Å². The Kier molecular flexibility index (Phi) is 6.71. The molecule has 36 heavy (non-hydrogen) atoms. The number of nitrogens with one attached hydrogen (secondary N) is 2. The van der Waals surface area contributed by atoms with E-state index in [2.05, 4.69) is 25.5 Å². The maximum Gasteiger partial charge on any atom is 0.170 e. The van der Waals surface area contributed by atoms with Crippen LogP contribution in [0.2, 0.25) is 5.02 Å². The van der Waals surface area contributed by atoms with Crippen LogP contribution in [0.5, 0.6) is 5.75 Å². The Hall–Kier alpha value is -3.75. The predicted molar refractivity (Wildman–Crippen MR) is 141 cm³/mol. The lowest BCUT2D eigenvalue weighted by molar-refractivity contribution is -0.107. The summed E-state index contributed by atoms with van der Waals surface area (Å²) in [6.45, 7) is 1.87. The van der Waals surface area contributed by atoms with Crippen molar-refractivity contribution in [3.8, 4) is 16.9 Å². The number of aldehydes is 1. The van der Waals surface area contributed by atoms with Gasteiger partial charge < -0.3 is 25.4 Å². The number of hydrogen-bond donors (Lipinski definition) is 3. The van der Waals surface area contributed by atoms with E-state index in [-0.39, 0.29) is 11.4 Å². The molecule has 0 radical (unpaired) electrons. The summed E-state index contributed by atoms with van der Waals surface area (Å²) in [6.07, 6.45) is 5.55. The van der Waals surface area contributed by atoms with Crippen LogP contribution in [0, 0.1) is 5.82 Å². The lowest BCUT2D eigenvalue weighted by atomic mass is 10.00. The number of rotatable bonds is 7. The predicted octanol–water partition coefficient (Wildman–Crippen LogP) is 5.08. The Morgan fingerprint density at radius 1 is 1.17 bits per heavy atom. The third kappa shape index (κ3) is 4.69. The fourth-order valence-corrected chi connectivity index (χ4v) is 4.74. The van der Waals surface area contributed by atoms with Crippen molar-refractivity contribution in [3.05, 3.63) is 71.3 Å². The Labute approximate surface area is 212 Å². The molecule has 3 N–H and O–H groups in total. The van der Waals surface area contributed by atoms with E-state index in [9.17, 15) is 14.3 Å². The van der Waals surface area contributed by atoms with Crippen LogP contribution in [0.25, 0.3) is 22.0 Å². The number of anilines is 3. The molecule has 1 aliphatic heterocycles.